The van der Waals surface area contributed by atoms with Crippen LogP contribution in [0, 0.1) is 6.92 Å². The van der Waals surface area contributed by atoms with E-state index < -0.39 is 0 Å². The van der Waals surface area contributed by atoms with Gasteiger partial charge in [-0.25, -0.2) is 4.99 Å². The van der Waals surface area contributed by atoms with Gasteiger partial charge in [0, 0.05) is 39.5 Å². The van der Waals surface area contributed by atoms with Crippen molar-refractivity contribution in [2.45, 2.75) is 39.7 Å². The van der Waals surface area contributed by atoms with E-state index in [1.165, 1.54) is 0 Å². The lowest BCUT2D eigenvalue weighted by Gasteiger charge is -2.16. The molecule has 2 rings (SSSR count). The molecule has 0 unspecified atom stereocenters. The van der Waals surface area contributed by atoms with Crippen LogP contribution < -0.4 is 10.6 Å². The van der Waals surface area contributed by atoms with Gasteiger partial charge in [-0.3, -0.25) is 4.79 Å². The number of aryl methyl sites for hydroxylation is 1. The maximum Gasteiger partial charge on any atom is 0.223 e. The second-order valence-corrected chi connectivity index (χ2v) is 5.19. The lowest BCUT2D eigenvalue weighted by Crippen LogP contribution is -2.39. The molecule has 1 aliphatic heterocycles. The predicted octanol–water partition coefficient (Wildman–Crippen LogP) is 0.446. The fraction of sp³-hybridized carbons (Fsp3) is 0.714. The number of carbonyl (C=O) groups is 1. The quantitative estimate of drug-likeness (QED) is 0.431. The van der Waals surface area contributed by atoms with Crippen molar-refractivity contribution < 1.29 is 9.32 Å². The molecule has 1 aliphatic rings. The van der Waals surface area contributed by atoms with E-state index in [1.54, 1.807) is 6.92 Å². The summed E-state index contributed by atoms with van der Waals surface area (Å²) in [6.45, 7) is 7.38. The van der Waals surface area contributed by atoms with Crippen LogP contribution in [0.1, 0.15) is 37.9 Å². The first-order valence-electron chi connectivity index (χ1n) is 7.78. The Morgan fingerprint density at radius 3 is 2.95 bits per heavy atom. The van der Waals surface area contributed by atoms with Crippen LogP contribution >= 0.6 is 0 Å². The first-order valence-corrected chi connectivity index (χ1v) is 7.78. The van der Waals surface area contributed by atoms with Crippen molar-refractivity contribution >= 4 is 11.9 Å². The summed E-state index contributed by atoms with van der Waals surface area (Å²) in [4.78, 5) is 22.0. The van der Waals surface area contributed by atoms with Crippen LogP contribution in [0.15, 0.2) is 9.52 Å². The molecule has 0 spiro atoms. The fourth-order valence-electron chi connectivity index (χ4n) is 2.31. The molecule has 2 N–H and O–H groups in total. The zero-order chi connectivity index (χ0) is 15.8. The summed E-state index contributed by atoms with van der Waals surface area (Å²) in [6.07, 6.45) is 2.58. The van der Waals surface area contributed by atoms with Gasteiger partial charge in [-0.05, 0) is 19.8 Å². The zero-order valence-corrected chi connectivity index (χ0v) is 13.3. The Balaban J connectivity index is 1.72. The molecule has 122 valence electrons. The summed E-state index contributed by atoms with van der Waals surface area (Å²) < 4.78 is 4.91. The molecule has 0 aromatic carbocycles. The number of aromatic nitrogens is 2. The van der Waals surface area contributed by atoms with Crippen molar-refractivity contribution in [1.82, 2.24) is 25.7 Å². The van der Waals surface area contributed by atoms with E-state index in [0.717, 1.165) is 45.0 Å². The SMILES string of the molecule is CCNC(=NCc1noc(C)n1)NCCCN1CCCC1=O. The molecule has 22 heavy (non-hydrogen) atoms. The summed E-state index contributed by atoms with van der Waals surface area (Å²) in [5.74, 6) is 2.10. The van der Waals surface area contributed by atoms with E-state index in [2.05, 4.69) is 25.8 Å². The lowest BCUT2D eigenvalue weighted by molar-refractivity contribution is -0.127. The van der Waals surface area contributed by atoms with E-state index in [1.807, 2.05) is 11.8 Å². The highest BCUT2D eigenvalue weighted by Crippen LogP contribution is 2.09. The van der Waals surface area contributed by atoms with Gasteiger partial charge in [0.15, 0.2) is 11.8 Å². The maximum absolute atomic E-state index is 11.5. The Kier molecular flexibility index (Phi) is 6.17. The van der Waals surface area contributed by atoms with E-state index in [4.69, 9.17) is 4.52 Å². The normalized spacial score (nSPS) is 15.5. The Morgan fingerprint density at radius 1 is 1.45 bits per heavy atom. The summed E-state index contributed by atoms with van der Waals surface area (Å²) in [5, 5.41) is 10.2. The number of carbonyl (C=O) groups excluding carboxylic acids is 1. The van der Waals surface area contributed by atoms with Crippen LogP contribution in [-0.4, -0.2) is 53.1 Å². The average molecular weight is 308 g/mol. The number of nitrogens with one attached hydrogen (secondary N) is 2. The first kappa shape index (κ1) is 16.3. The van der Waals surface area contributed by atoms with Gasteiger partial charge in [0.1, 0.15) is 6.54 Å². The van der Waals surface area contributed by atoms with E-state index >= 15 is 0 Å². The third-order valence-corrected chi connectivity index (χ3v) is 3.36. The van der Waals surface area contributed by atoms with E-state index in [9.17, 15) is 4.79 Å². The van der Waals surface area contributed by atoms with Gasteiger partial charge in [0.2, 0.25) is 11.8 Å². The number of hydrogen-bond acceptors (Lipinski definition) is 5. The highest BCUT2D eigenvalue weighted by Gasteiger charge is 2.18. The summed E-state index contributed by atoms with van der Waals surface area (Å²) in [7, 11) is 0. The molecule has 1 amide bonds. The Labute approximate surface area is 130 Å². The number of nitrogens with zero attached hydrogens (tertiary/aromatic N) is 4. The summed E-state index contributed by atoms with van der Waals surface area (Å²) in [5.41, 5.74) is 0. The minimum absolute atomic E-state index is 0.271. The molecule has 0 radical (unpaired) electrons. The van der Waals surface area contributed by atoms with Gasteiger partial charge < -0.3 is 20.1 Å². The number of likely N-dealkylation sites (tertiary alicyclic amines) is 1. The molecule has 1 fully saturated rings. The van der Waals surface area contributed by atoms with E-state index in [0.29, 0.717) is 24.7 Å². The van der Waals surface area contributed by atoms with Crippen molar-refractivity contribution in [1.29, 1.82) is 0 Å². The number of aliphatic imine (C=N–C) groups is 1. The number of guanidine groups is 1. The third kappa shape index (κ3) is 5.01. The smallest absolute Gasteiger partial charge is 0.223 e. The van der Waals surface area contributed by atoms with Crippen LogP contribution in [0.5, 0.6) is 0 Å². The summed E-state index contributed by atoms with van der Waals surface area (Å²) >= 11 is 0. The van der Waals surface area contributed by atoms with Crippen molar-refractivity contribution in [3.05, 3.63) is 11.7 Å². The average Bonchev–Trinajstić information content (AvgIpc) is 3.09. The zero-order valence-electron chi connectivity index (χ0n) is 13.3. The van der Waals surface area contributed by atoms with Crippen LogP contribution in [0.2, 0.25) is 0 Å². The summed E-state index contributed by atoms with van der Waals surface area (Å²) in [6, 6.07) is 0. The highest BCUT2D eigenvalue weighted by molar-refractivity contribution is 5.79. The van der Waals surface area contributed by atoms with Crippen LogP contribution in [0.4, 0.5) is 0 Å². The van der Waals surface area contributed by atoms with Gasteiger partial charge in [-0.1, -0.05) is 5.16 Å². The van der Waals surface area contributed by atoms with Crippen molar-refractivity contribution in [3.8, 4) is 0 Å². The first-order chi connectivity index (χ1) is 10.7. The Hall–Kier alpha value is -2.12. The standard InChI is InChI=1S/C14H24N6O2/c1-3-15-14(17-10-12-18-11(2)22-19-12)16-7-5-9-20-8-4-6-13(20)21/h3-10H2,1-2H3,(H2,15,16,17). The fourth-order valence-corrected chi connectivity index (χ4v) is 2.31. The molecule has 8 heteroatoms. The number of amides is 1. The monoisotopic (exact) mass is 308 g/mol. The predicted molar refractivity (Wildman–Crippen MR) is 82.3 cm³/mol. The molecule has 0 atom stereocenters. The van der Waals surface area contributed by atoms with Gasteiger partial charge in [0.25, 0.3) is 0 Å². The molecule has 1 saturated heterocycles. The maximum atomic E-state index is 11.5. The Bertz CT molecular complexity index is 513. The van der Waals surface area contributed by atoms with Gasteiger partial charge in [-0.15, -0.1) is 0 Å². The van der Waals surface area contributed by atoms with Crippen molar-refractivity contribution in [2.75, 3.05) is 26.2 Å². The number of hydrogen-bond donors (Lipinski definition) is 2. The van der Waals surface area contributed by atoms with Crippen LogP contribution in [0.3, 0.4) is 0 Å². The van der Waals surface area contributed by atoms with Crippen LogP contribution in [0.25, 0.3) is 0 Å². The van der Waals surface area contributed by atoms with Crippen molar-refractivity contribution in [3.63, 3.8) is 0 Å². The molecule has 2 heterocycles. The van der Waals surface area contributed by atoms with Gasteiger partial charge in [-0.2, -0.15) is 4.98 Å². The lowest BCUT2D eigenvalue weighted by atomic mass is 10.4. The Morgan fingerprint density at radius 2 is 2.32 bits per heavy atom. The largest absolute Gasteiger partial charge is 0.357 e. The molecule has 0 saturated carbocycles. The van der Waals surface area contributed by atoms with Crippen molar-refractivity contribution in [2.24, 2.45) is 4.99 Å². The van der Waals surface area contributed by atoms with E-state index in [-0.39, 0.29) is 5.91 Å². The van der Waals surface area contributed by atoms with Gasteiger partial charge in [0.05, 0.1) is 0 Å². The molecule has 0 bridgehead atoms. The topological polar surface area (TPSA) is 95.7 Å². The molecular weight excluding hydrogens is 284 g/mol. The molecule has 0 aliphatic carbocycles. The minimum atomic E-state index is 0.271. The second kappa shape index (κ2) is 8.35. The molecule has 1 aromatic rings. The second-order valence-electron chi connectivity index (χ2n) is 5.19. The molecule has 8 nitrogen and oxygen atoms in total. The molecular formula is C14H24N6O2. The number of rotatable bonds is 7. The highest BCUT2D eigenvalue weighted by atomic mass is 16.5. The minimum Gasteiger partial charge on any atom is -0.357 e. The third-order valence-electron chi connectivity index (χ3n) is 3.36. The molecule has 1 aromatic heterocycles. The van der Waals surface area contributed by atoms with Crippen LogP contribution in [-0.2, 0) is 11.3 Å². The van der Waals surface area contributed by atoms with Gasteiger partial charge >= 0.3 is 0 Å².